The summed E-state index contributed by atoms with van der Waals surface area (Å²) in [5, 5.41) is 24.3. The number of rotatable bonds is 5. The Kier molecular flexibility index (Phi) is 6.05. The molecule has 1 unspecified atom stereocenters. The van der Waals surface area contributed by atoms with Crippen LogP contribution in [-0.2, 0) is 5.60 Å². The molecule has 0 aliphatic rings. The second-order valence-electron chi connectivity index (χ2n) is 7.32. The fraction of sp³-hybridized carbons (Fsp3) is 0.174. The summed E-state index contributed by atoms with van der Waals surface area (Å²) in [6.07, 6.45) is -5.00. The molecule has 166 valence electrons. The fourth-order valence-electron chi connectivity index (χ4n) is 3.49. The molecule has 0 aromatic heterocycles. The lowest BCUT2D eigenvalue weighted by atomic mass is 9.83. The number of hydrogen-bond donors (Lipinski definition) is 2. The Balaban J connectivity index is 2.02. The minimum absolute atomic E-state index is 0.0261. The van der Waals surface area contributed by atoms with E-state index in [-0.39, 0.29) is 39.2 Å². The van der Waals surface area contributed by atoms with E-state index in [1.807, 2.05) is 0 Å². The number of aliphatic hydroxyl groups is 1. The molecule has 0 fully saturated rings. The summed E-state index contributed by atoms with van der Waals surface area (Å²) in [5.41, 5.74) is -3.37. The Bertz CT molecular complexity index is 1160. The number of benzene rings is 3. The first kappa shape index (κ1) is 23.0. The molecule has 32 heavy (non-hydrogen) atoms. The number of nitro groups is 1. The van der Waals surface area contributed by atoms with E-state index >= 15 is 0 Å². The Labute approximate surface area is 181 Å². The summed E-state index contributed by atoms with van der Waals surface area (Å²) < 4.78 is 42.0. The van der Waals surface area contributed by atoms with Gasteiger partial charge in [-0.15, -0.1) is 0 Å². The quantitative estimate of drug-likeness (QED) is 0.415. The number of aryl methyl sites for hydroxylation is 2. The van der Waals surface area contributed by atoms with Gasteiger partial charge in [-0.2, -0.15) is 13.2 Å². The van der Waals surface area contributed by atoms with Crippen molar-refractivity contribution in [2.24, 2.45) is 0 Å². The molecule has 0 bridgehead atoms. The standard InChI is InChI=1S/C23H19F3N2O4/c1-14-11-18(22(30,23(24,25)26)17-8-4-3-5-9-17)12-15(2)20(14)27-21(29)16-7-6-10-19(13-16)28(31)32/h3-13,30H,1-2H3,(H,27,29). The van der Waals surface area contributed by atoms with Crippen molar-refractivity contribution in [3.05, 3.63) is 105 Å². The van der Waals surface area contributed by atoms with Crippen molar-refractivity contribution in [1.82, 2.24) is 0 Å². The Hall–Kier alpha value is -3.72. The van der Waals surface area contributed by atoms with Gasteiger partial charge in [0.05, 0.1) is 4.92 Å². The van der Waals surface area contributed by atoms with Crippen molar-refractivity contribution >= 4 is 17.3 Å². The summed E-state index contributed by atoms with van der Waals surface area (Å²) >= 11 is 0. The number of nitrogens with one attached hydrogen (secondary N) is 1. The predicted octanol–water partition coefficient (Wildman–Crippen LogP) is 5.26. The number of amides is 1. The normalized spacial score (nSPS) is 13.3. The number of halogens is 3. The van der Waals surface area contributed by atoms with E-state index in [1.165, 1.54) is 56.3 Å². The number of non-ortho nitro benzene ring substituents is 1. The van der Waals surface area contributed by atoms with Gasteiger partial charge >= 0.3 is 6.18 Å². The molecule has 2 N–H and O–H groups in total. The number of nitro benzene ring substituents is 1. The van der Waals surface area contributed by atoms with Gasteiger partial charge in [0.2, 0.25) is 5.60 Å². The molecule has 0 saturated heterocycles. The molecule has 9 heteroatoms. The number of carbonyl (C=O) groups excluding carboxylic acids is 1. The highest BCUT2D eigenvalue weighted by Gasteiger charge is 2.56. The molecule has 0 spiro atoms. The molecule has 0 heterocycles. The minimum Gasteiger partial charge on any atom is -0.372 e. The minimum atomic E-state index is -5.00. The van der Waals surface area contributed by atoms with E-state index in [4.69, 9.17) is 0 Å². The number of anilines is 1. The molecular weight excluding hydrogens is 425 g/mol. The highest BCUT2D eigenvalue weighted by molar-refractivity contribution is 6.05. The molecule has 3 aromatic rings. The van der Waals surface area contributed by atoms with Crippen LogP contribution in [0.2, 0.25) is 0 Å². The topological polar surface area (TPSA) is 92.5 Å². The predicted molar refractivity (Wildman–Crippen MR) is 112 cm³/mol. The zero-order chi connectivity index (χ0) is 23.7. The maximum absolute atomic E-state index is 14.0. The van der Waals surface area contributed by atoms with Gasteiger partial charge in [0.1, 0.15) is 0 Å². The second-order valence-corrected chi connectivity index (χ2v) is 7.32. The lowest BCUT2D eigenvalue weighted by Crippen LogP contribution is -2.43. The second kappa shape index (κ2) is 8.43. The molecule has 3 rings (SSSR count). The molecule has 0 saturated carbocycles. The van der Waals surface area contributed by atoms with Gasteiger partial charge in [0, 0.05) is 23.4 Å². The SMILES string of the molecule is Cc1cc(C(O)(c2ccccc2)C(F)(F)F)cc(C)c1NC(=O)c1cccc([N+](=O)[O-])c1. The average molecular weight is 444 g/mol. The number of nitrogens with zero attached hydrogens (tertiary/aromatic N) is 1. The summed E-state index contributed by atoms with van der Waals surface area (Å²) in [6.45, 7) is 3.00. The van der Waals surface area contributed by atoms with E-state index in [0.29, 0.717) is 0 Å². The van der Waals surface area contributed by atoms with Crippen molar-refractivity contribution < 1.29 is 28.0 Å². The third-order valence-electron chi connectivity index (χ3n) is 5.11. The Morgan fingerprint density at radius 1 is 0.938 bits per heavy atom. The van der Waals surface area contributed by atoms with Crippen molar-refractivity contribution in [3.63, 3.8) is 0 Å². The third-order valence-corrected chi connectivity index (χ3v) is 5.11. The van der Waals surface area contributed by atoms with E-state index in [2.05, 4.69) is 5.32 Å². The molecule has 1 amide bonds. The molecular formula is C23H19F3N2O4. The van der Waals surface area contributed by atoms with Crippen LogP contribution in [0.25, 0.3) is 0 Å². The first-order chi connectivity index (χ1) is 14.9. The Morgan fingerprint density at radius 3 is 2.06 bits per heavy atom. The average Bonchev–Trinajstić information content (AvgIpc) is 2.75. The number of carbonyl (C=O) groups is 1. The molecule has 0 radical (unpaired) electrons. The van der Waals surface area contributed by atoms with Gasteiger partial charge in [-0.3, -0.25) is 14.9 Å². The maximum atomic E-state index is 14.0. The maximum Gasteiger partial charge on any atom is 0.425 e. The summed E-state index contributed by atoms with van der Waals surface area (Å²) in [4.78, 5) is 22.9. The van der Waals surface area contributed by atoms with E-state index in [1.54, 1.807) is 6.07 Å². The van der Waals surface area contributed by atoms with Gasteiger partial charge in [-0.25, -0.2) is 0 Å². The van der Waals surface area contributed by atoms with Crippen LogP contribution in [0.1, 0.15) is 32.6 Å². The number of hydrogen-bond acceptors (Lipinski definition) is 4. The van der Waals surface area contributed by atoms with E-state index < -0.39 is 22.6 Å². The zero-order valence-corrected chi connectivity index (χ0v) is 17.1. The molecule has 6 nitrogen and oxygen atoms in total. The summed E-state index contributed by atoms with van der Waals surface area (Å²) in [7, 11) is 0. The van der Waals surface area contributed by atoms with Crippen molar-refractivity contribution in [1.29, 1.82) is 0 Å². The van der Waals surface area contributed by atoms with E-state index in [0.717, 1.165) is 18.2 Å². The van der Waals surface area contributed by atoms with Crippen LogP contribution >= 0.6 is 0 Å². The lowest BCUT2D eigenvalue weighted by molar-refractivity contribution is -0.384. The van der Waals surface area contributed by atoms with Crippen LogP contribution < -0.4 is 5.32 Å². The van der Waals surface area contributed by atoms with Gasteiger partial charge in [-0.1, -0.05) is 48.5 Å². The van der Waals surface area contributed by atoms with Crippen LogP contribution in [0.3, 0.4) is 0 Å². The molecule has 0 aliphatic heterocycles. The highest BCUT2D eigenvalue weighted by atomic mass is 19.4. The van der Waals surface area contributed by atoms with Crippen LogP contribution in [0.15, 0.2) is 66.7 Å². The van der Waals surface area contributed by atoms with Gasteiger partial charge in [0.25, 0.3) is 11.6 Å². The van der Waals surface area contributed by atoms with Crippen LogP contribution in [0, 0.1) is 24.0 Å². The van der Waals surface area contributed by atoms with Crippen molar-refractivity contribution in [2.75, 3.05) is 5.32 Å². The first-order valence-electron chi connectivity index (χ1n) is 9.47. The van der Waals surface area contributed by atoms with Gasteiger partial charge < -0.3 is 10.4 Å². The third kappa shape index (κ3) is 4.19. The van der Waals surface area contributed by atoms with Gasteiger partial charge in [-0.05, 0) is 42.2 Å². The van der Waals surface area contributed by atoms with Crippen LogP contribution in [0.4, 0.5) is 24.5 Å². The van der Waals surface area contributed by atoms with Crippen LogP contribution in [-0.4, -0.2) is 22.1 Å². The summed E-state index contributed by atoms with van der Waals surface area (Å²) in [6, 6.07) is 14.1. The van der Waals surface area contributed by atoms with Gasteiger partial charge in [0.15, 0.2) is 0 Å². The highest BCUT2D eigenvalue weighted by Crippen LogP contribution is 2.45. The fourth-order valence-corrected chi connectivity index (χ4v) is 3.49. The van der Waals surface area contributed by atoms with Crippen LogP contribution in [0.5, 0.6) is 0 Å². The molecule has 0 aliphatic carbocycles. The Morgan fingerprint density at radius 2 is 1.53 bits per heavy atom. The molecule has 3 aromatic carbocycles. The lowest BCUT2D eigenvalue weighted by Gasteiger charge is -2.32. The molecule has 1 atom stereocenters. The monoisotopic (exact) mass is 444 g/mol. The van der Waals surface area contributed by atoms with E-state index in [9.17, 15) is 33.2 Å². The first-order valence-corrected chi connectivity index (χ1v) is 9.47. The van der Waals surface area contributed by atoms with Crippen molar-refractivity contribution in [3.8, 4) is 0 Å². The summed E-state index contributed by atoms with van der Waals surface area (Å²) in [5.74, 6) is -0.651. The number of alkyl halides is 3. The smallest absolute Gasteiger partial charge is 0.372 e. The van der Waals surface area contributed by atoms with Crippen molar-refractivity contribution in [2.45, 2.75) is 25.6 Å². The largest absolute Gasteiger partial charge is 0.425 e. The zero-order valence-electron chi connectivity index (χ0n) is 17.1.